The minimum absolute atomic E-state index is 0.0281. The zero-order chi connectivity index (χ0) is 14.1. The Balaban J connectivity index is 1.70. The number of carbonyl (C=O) groups excluding carboxylic acids is 1. The van der Waals surface area contributed by atoms with Crippen LogP contribution >= 0.6 is 0 Å². The first-order valence-corrected chi connectivity index (χ1v) is 6.57. The maximum atomic E-state index is 12.0. The molecule has 3 aliphatic heterocycles. The van der Waals surface area contributed by atoms with Crippen LogP contribution in [-0.2, 0) is 29.7 Å². The molecule has 6 nitrogen and oxygen atoms in total. The van der Waals surface area contributed by atoms with Crippen LogP contribution < -0.4 is 0 Å². The van der Waals surface area contributed by atoms with E-state index in [1.165, 1.54) is 0 Å². The first-order chi connectivity index (χ1) is 10.2. The summed E-state index contributed by atoms with van der Waals surface area (Å²) in [5, 5.41) is 0. The number of rotatable bonds is 0. The van der Waals surface area contributed by atoms with Crippen molar-refractivity contribution in [3.63, 3.8) is 0 Å². The molecule has 0 bridgehead atoms. The molecule has 2 fully saturated rings. The molecule has 0 amide bonds. The lowest BCUT2D eigenvalue weighted by molar-refractivity contribution is -0.369. The van der Waals surface area contributed by atoms with Gasteiger partial charge in [-0.25, -0.2) is 4.79 Å². The van der Waals surface area contributed by atoms with E-state index in [4.69, 9.17) is 23.7 Å². The number of hydrogen-bond donors (Lipinski definition) is 0. The van der Waals surface area contributed by atoms with Crippen molar-refractivity contribution in [3.05, 3.63) is 59.7 Å². The van der Waals surface area contributed by atoms with Crippen molar-refractivity contribution in [3.8, 4) is 0 Å². The van der Waals surface area contributed by atoms with Gasteiger partial charge in [-0.1, -0.05) is 24.3 Å². The Morgan fingerprint density at radius 1 is 0.952 bits per heavy atom. The number of carbonyl (C=O) groups is 1. The molecule has 4 aliphatic rings. The van der Waals surface area contributed by atoms with Gasteiger partial charge in [-0.15, -0.1) is 0 Å². The zero-order valence-corrected chi connectivity index (χ0v) is 10.8. The maximum Gasteiger partial charge on any atom is 0.365 e. The standard InChI is InChI=1S/C15H10O6/c16-12-10-5-1-2-6-11(10)15(19-12)20-13-7-3-4-8-14(13,21-15)18-9-17-13/h1-8H,9H2. The Morgan fingerprint density at radius 3 is 2.33 bits per heavy atom. The first-order valence-electron chi connectivity index (χ1n) is 6.57. The smallest absolute Gasteiger partial charge is 0.365 e. The topological polar surface area (TPSA) is 63.2 Å². The van der Waals surface area contributed by atoms with Crippen molar-refractivity contribution < 1.29 is 28.5 Å². The van der Waals surface area contributed by atoms with E-state index in [1.54, 1.807) is 48.6 Å². The molecule has 1 aromatic carbocycles. The summed E-state index contributed by atoms with van der Waals surface area (Å²) in [7, 11) is 0. The molecule has 3 heterocycles. The number of esters is 1. The third kappa shape index (κ3) is 1.20. The number of allylic oxidation sites excluding steroid dienone is 2. The lowest BCUT2D eigenvalue weighted by Crippen LogP contribution is -2.47. The van der Waals surface area contributed by atoms with Crippen LogP contribution in [0.25, 0.3) is 0 Å². The van der Waals surface area contributed by atoms with Gasteiger partial charge < -0.3 is 14.2 Å². The minimum Gasteiger partial charge on any atom is -0.400 e. The second-order valence-corrected chi connectivity index (χ2v) is 5.16. The summed E-state index contributed by atoms with van der Waals surface area (Å²) < 4.78 is 28.5. The fourth-order valence-corrected chi connectivity index (χ4v) is 3.10. The van der Waals surface area contributed by atoms with Crippen LogP contribution in [0.3, 0.4) is 0 Å². The lowest BCUT2D eigenvalue weighted by Gasteiger charge is -2.28. The summed E-state index contributed by atoms with van der Waals surface area (Å²) >= 11 is 0. The van der Waals surface area contributed by atoms with Crippen LogP contribution in [-0.4, -0.2) is 24.3 Å². The average molecular weight is 286 g/mol. The Kier molecular flexibility index (Phi) is 1.90. The number of benzene rings is 1. The molecular formula is C15H10O6. The summed E-state index contributed by atoms with van der Waals surface area (Å²) in [6.45, 7) is 0.0281. The minimum atomic E-state index is -1.65. The molecule has 6 heteroatoms. The van der Waals surface area contributed by atoms with Crippen LogP contribution in [0.2, 0.25) is 0 Å². The molecular weight excluding hydrogens is 276 g/mol. The van der Waals surface area contributed by atoms with E-state index >= 15 is 0 Å². The van der Waals surface area contributed by atoms with Gasteiger partial charge in [-0.05, 0) is 24.3 Å². The van der Waals surface area contributed by atoms with E-state index in [0.717, 1.165) is 0 Å². The highest BCUT2D eigenvalue weighted by Crippen LogP contribution is 2.58. The van der Waals surface area contributed by atoms with Crippen molar-refractivity contribution in [1.82, 2.24) is 0 Å². The SMILES string of the molecule is O=C1OC2(OC34C=CC=CC3(OCO4)O2)c2ccccc21. The zero-order valence-electron chi connectivity index (χ0n) is 10.8. The number of hydrogen-bond acceptors (Lipinski definition) is 6. The van der Waals surface area contributed by atoms with Crippen molar-refractivity contribution >= 4 is 5.97 Å². The highest BCUT2D eigenvalue weighted by atomic mass is 17.0. The van der Waals surface area contributed by atoms with E-state index in [2.05, 4.69) is 0 Å². The molecule has 2 unspecified atom stereocenters. The van der Waals surface area contributed by atoms with Crippen molar-refractivity contribution in [2.75, 3.05) is 6.79 Å². The fraction of sp³-hybridized carbons (Fsp3) is 0.267. The Hall–Kier alpha value is -1.99. The summed E-state index contributed by atoms with van der Waals surface area (Å²) in [5.41, 5.74) is 0.925. The van der Waals surface area contributed by atoms with E-state index in [-0.39, 0.29) is 6.79 Å². The Bertz CT molecular complexity index is 695. The fourth-order valence-electron chi connectivity index (χ4n) is 3.10. The van der Waals surface area contributed by atoms with Gasteiger partial charge in [0.15, 0.2) is 6.79 Å². The molecule has 21 heavy (non-hydrogen) atoms. The van der Waals surface area contributed by atoms with Crippen LogP contribution in [0.15, 0.2) is 48.6 Å². The second-order valence-electron chi connectivity index (χ2n) is 5.16. The summed E-state index contributed by atoms with van der Waals surface area (Å²) in [4.78, 5) is 12.0. The largest absolute Gasteiger partial charge is 0.400 e. The molecule has 0 aromatic heterocycles. The van der Waals surface area contributed by atoms with E-state index in [9.17, 15) is 4.79 Å². The maximum absolute atomic E-state index is 12.0. The van der Waals surface area contributed by atoms with Gasteiger partial charge in [0.25, 0.3) is 11.6 Å². The first kappa shape index (κ1) is 11.6. The Labute approximate surface area is 119 Å². The van der Waals surface area contributed by atoms with Gasteiger partial charge in [0.1, 0.15) is 0 Å². The van der Waals surface area contributed by atoms with Crippen LogP contribution in [0.5, 0.6) is 0 Å². The predicted molar refractivity (Wildman–Crippen MR) is 66.5 cm³/mol. The number of ether oxygens (including phenoxy) is 5. The third-order valence-corrected chi connectivity index (χ3v) is 4.05. The third-order valence-electron chi connectivity index (χ3n) is 4.05. The van der Waals surface area contributed by atoms with Gasteiger partial charge in [0.2, 0.25) is 0 Å². The molecule has 2 atom stereocenters. The molecule has 2 saturated heterocycles. The summed E-state index contributed by atoms with van der Waals surface area (Å²) in [5.74, 6) is -4.64. The number of fused-ring (bicyclic) bond motifs is 2. The van der Waals surface area contributed by atoms with E-state index in [1.807, 2.05) is 0 Å². The molecule has 0 saturated carbocycles. The highest BCUT2D eigenvalue weighted by Gasteiger charge is 2.74. The molecule has 1 spiro atoms. The van der Waals surface area contributed by atoms with Gasteiger partial charge >= 0.3 is 11.9 Å². The van der Waals surface area contributed by atoms with Gasteiger partial charge in [0.05, 0.1) is 11.1 Å². The highest BCUT2D eigenvalue weighted by molar-refractivity contribution is 5.94. The van der Waals surface area contributed by atoms with E-state index in [0.29, 0.717) is 11.1 Å². The summed E-state index contributed by atoms with van der Waals surface area (Å²) in [6.07, 6.45) is 6.95. The molecule has 0 N–H and O–H groups in total. The van der Waals surface area contributed by atoms with Crippen molar-refractivity contribution in [2.45, 2.75) is 17.5 Å². The quantitative estimate of drug-likeness (QED) is 0.674. The molecule has 1 aliphatic carbocycles. The van der Waals surface area contributed by atoms with E-state index < -0.39 is 23.5 Å². The second kappa shape index (κ2) is 3.42. The van der Waals surface area contributed by atoms with Crippen LogP contribution in [0.4, 0.5) is 0 Å². The van der Waals surface area contributed by atoms with Gasteiger partial charge in [-0.3, -0.25) is 9.47 Å². The predicted octanol–water partition coefficient (Wildman–Crippen LogP) is 1.54. The van der Waals surface area contributed by atoms with Crippen LogP contribution in [0.1, 0.15) is 15.9 Å². The normalized spacial score (nSPS) is 42.0. The van der Waals surface area contributed by atoms with Crippen molar-refractivity contribution in [1.29, 1.82) is 0 Å². The molecule has 0 radical (unpaired) electrons. The van der Waals surface area contributed by atoms with Crippen molar-refractivity contribution in [2.24, 2.45) is 0 Å². The lowest BCUT2D eigenvalue weighted by atomic mass is 10.0. The molecule has 5 rings (SSSR count). The summed E-state index contributed by atoms with van der Waals surface area (Å²) in [6, 6.07) is 6.94. The monoisotopic (exact) mass is 286 g/mol. The van der Waals surface area contributed by atoms with Crippen LogP contribution in [0, 0.1) is 0 Å². The molecule has 1 aromatic rings. The van der Waals surface area contributed by atoms with Gasteiger partial charge in [0, 0.05) is 0 Å². The Morgan fingerprint density at radius 2 is 1.62 bits per heavy atom. The van der Waals surface area contributed by atoms with Gasteiger partial charge in [-0.2, -0.15) is 0 Å². The average Bonchev–Trinajstić information content (AvgIpc) is 3.06. The molecule has 106 valence electrons.